The molecule has 2 rings (SSSR count). The fourth-order valence-electron chi connectivity index (χ4n) is 2.14. The van der Waals surface area contributed by atoms with E-state index in [4.69, 9.17) is 9.47 Å². The van der Waals surface area contributed by atoms with Gasteiger partial charge in [-0.3, -0.25) is 0 Å². The van der Waals surface area contributed by atoms with E-state index in [0.717, 1.165) is 12.1 Å². The van der Waals surface area contributed by atoms with Crippen molar-refractivity contribution in [1.29, 1.82) is 0 Å². The molecule has 0 aliphatic heterocycles. The predicted molar refractivity (Wildman–Crippen MR) is 88.9 cm³/mol. The van der Waals surface area contributed by atoms with Crippen molar-refractivity contribution in [3.8, 4) is 11.5 Å². The molecule has 4 nitrogen and oxygen atoms in total. The molecule has 7 heteroatoms. The molecule has 0 fully saturated rings. The lowest BCUT2D eigenvalue weighted by molar-refractivity contribution is -0.156. The Morgan fingerprint density at radius 2 is 1.46 bits per heavy atom. The number of ether oxygens (including phenoxy) is 3. The number of rotatable bonds is 6. The topological polar surface area (TPSA) is 44.8 Å². The summed E-state index contributed by atoms with van der Waals surface area (Å²) < 4.78 is 53.4. The van der Waals surface area contributed by atoms with Crippen molar-refractivity contribution in [2.45, 2.75) is 32.2 Å². The van der Waals surface area contributed by atoms with Crippen molar-refractivity contribution < 1.29 is 32.2 Å². The second-order valence-corrected chi connectivity index (χ2v) is 6.06. The van der Waals surface area contributed by atoms with Crippen LogP contribution in [0.5, 0.6) is 11.5 Å². The average molecular weight is 368 g/mol. The minimum atomic E-state index is -4.35. The smallest absolute Gasteiger partial charge is 0.416 e. The standard InChI is InChI=1S/C19H19F3O4/c1-18(2,17(23)24-3)26-16-10-8-15(9-11-16)25-12-13-4-6-14(7-5-13)19(20,21)22/h4-11H,12H2,1-3H3. The summed E-state index contributed by atoms with van der Waals surface area (Å²) in [4.78, 5) is 11.6. The van der Waals surface area contributed by atoms with Crippen LogP contribution in [0.2, 0.25) is 0 Å². The molecule has 0 bridgehead atoms. The third-order valence-electron chi connectivity index (χ3n) is 3.56. The van der Waals surface area contributed by atoms with E-state index in [1.165, 1.54) is 19.2 Å². The third-order valence-corrected chi connectivity index (χ3v) is 3.56. The number of carbonyl (C=O) groups excluding carboxylic acids is 1. The zero-order valence-corrected chi connectivity index (χ0v) is 14.6. The van der Waals surface area contributed by atoms with Crippen LogP contribution in [-0.4, -0.2) is 18.7 Å². The first-order chi connectivity index (χ1) is 12.1. The normalized spacial score (nSPS) is 11.8. The number of benzene rings is 2. The zero-order chi connectivity index (χ0) is 19.4. The maximum Gasteiger partial charge on any atom is 0.416 e. The molecule has 0 heterocycles. The van der Waals surface area contributed by atoms with Crippen molar-refractivity contribution >= 4 is 5.97 Å². The van der Waals surface area contributed by atoms with E-state index in [1.807, 2.05) is 0 Å². The van der Waals surface area contributed by atoms with Gasteiger partial charge in [0.1, 0.15) is 18.1 Å². The Morgan fingerprint density at radius 1 is 0.923 bits per heavy atom. The molecule has 26 heavy (non-hydrogen) atoms. The molecule has 0 saturated carbocycles. The first-order valence-corrected chi connectivity index (χ1v) is 7.78. The summed E-state index contributed by atoms with van der Waals surface area (Å²) in [7, 11) is 1.28. The maximum absolute atomic E-state index is 12.5. The van der Waals surface area contributed by atoms with Crippen molar-refractivity contribution in [3.05, 3.63) is 59.7 Å². The number of methoxy groups -OCH3 is 1. The van der Waals surface area contributed by atoms with Crippen molar-refractivity contribution in [2.24, 2.45) is 0 Å². The molecule has 0 amide bonds. The van der Waals surface area contributed by atoms with Crippen LogP contribution < -0.4 is 9.47 Å². The first kappa shape index (κ1) is 19.6. The molecule has 140 valence electrons. The highest BCUT2D eigenvalue weighted by atomic mass is 19.4. The van der Waals surface area contributed by atoms with E-state index in [2.05, 4.69) is 4.74 Å². The minimum Gasteiger partial charge on any atom is -0.489 e. The van der Waals surface area contributed by atoms with Gasteiger partial charge in [0.15, 0.2) is 5.60 Å². The van der Waals surface area contributed by atoms with E-state index < -0.39 is 23.3 Å². The number of carbonyl (C=O) groups is 1. The van der Waals surface area contributed by atoms with Gasteiger partial charge >= 0.3 is 12.1 Å². The Kier molecular flexibility index (Phi) is 5.79. The Hall–Kier alpha value is -2.70. The molecule has 0 spiro atoms. The van der Waals surface area contributed by atoms with E-state index in [9.17, 15) is 18.0 Å². The van der Waals surface area contributed by atoms with Gasteiger partial charge in [0, 0.05) is 0 Å². The summed E-state index contributed by atoms with van der Waals surface area (Å²) in [5.74, 6) is 0.482. The van der Waals surface area contributed by atoms with Crippen LogP contribution in [0, 0.1) is 0 Å². The monoisotopic (exact) mass is 368 g/mol. The van der Waals surface area contributed by atoms with Crippen LogP contribution in [0.25, 0.3) is 0 Å². The number of halogens is 3. The lowest BCUT2D eigenvalue weighted by atomic mass is 10.1. The summed E-state index contributed by atoms with van der Waals surface area (Å²) in [6.45, 7) is 3.31. The number of esters is 1. The fourth-order valence-corrected chi connectivity index (χ4v) is 2.14. The van der Waals surface area contributed by atoms with Gasteiger partial charge in [-0.25, -0.2) is 4.79 Å². The molecule has 0 aliphatic carbocycles. The first-order valence-electron chi connectivity index (χ1n) is 7.78. The summed E-state index contributed by atoms with van der Waals surface area (Å²) in [5, 5.41) is 0. The van der Waals surface area contributed by atoms with Crippen molar-refractivity contribution in [2.75, 3.05) is 7.11 Å². The van der Waals surface area contributed by atoms with Crippen molar-refractivity contribution in [3.63, 3.8) is 0 Å². The van der Waals surface area contributed by atoms with Crippen molar-refractivity contribution in [1.82, 2.24) is 0 Å². The Labute approximate surface area is 149 Å². The van der Waals surface area contributed by atoms with Crippen LogP contribution in [0.4, 0.5) is 13.2 Å². The number of hydrogen-bond acceptors (Lipinski definition) is 4. The van der Waals surface area contributed by atoms with Crippen LogP contribution in [0.15, 0.2) is 48.5 Å². The van der Waals surface area contributed by atoms with Crippen LogP contribution in [0.1, 0.15) is 25.0 Å². The summed E-state index contributed by atoms with van der Waals surface area (Å²) in [6.07, 6.45) is -4.35. The van der Waals surface area contributed by atoms with Gasteiger partial charge in [0.2, 0.25) is 0 Å². The zero-order valence-electron chi connectivity index (χ0n) is 14.6. The molecule has 0 radical (unpaired) electrons. The van der Waals surface area contributed by atoms with E-state index in [1.54, 1.807) is 38.1 Å². The molecule has 0 aliphatic rings. The maximum atomic E-state index is 12.5. The Morgan fingerprint density at radius 3 is 1.96 bits per heavy atom. The van der Waals surface area contributed by atoms with Crippen LogP contribution in [-0.2, 0) is 22.3 Å². The molecular weight excluding hydrogens is 349 g/mol. The highest BCUT2D eigenvalue weighted by Crippen LogP contribution is 2.29. The molecule has 2 aromatic rings. The minimum absolute atomic E-state index is 0.131. The molecule has 0 aromatic heterocycles. The summed E-state index contributed by atoms with van der Waals surface area (Å²) in [5.41, 5.74) is -1.21. The SMILES string of the molecule is COC(=O)C(C)(C)Oc1ccc(OCc2ccc(C(F)(F)F)cc2)cc1. The lowest BCUT2D eigenvalue weighted by Gasteiger charge is -2.23. The molecule has 0 saturated heterocycles. The molecule has 2 aromatic carbocycles. The summed E-state index contributed by atoms with van der Waals surface area (Å²) >= 11 is 0. The lowest BCUT2D eigenvalue weighted by Crippen LogP contribution is -2.39. The van der Waals surface area contributed by atoms with E-state index in [-0.39, 0.29) is 6.61 Å². The predicted octanol–water partition coefficient (Wildman–Crippen LogP) is 4.61. The third kappa shape index (κ3) is 5.15. The Bertz CT molecular complexity index is 735. The molecule has 0 atom stereocenters. The molecule has 0 unspecified atom stereocenters. The quantitative estimate of drug-likeness (QED) is 0.698. The highest BCUT2D eigenvalue weighted by molar-refractivity contribution is 5.78. The van der Waals surface area contributed by atoms with Gasteiger partial charge in [-0.1, -0.05) is 12.1 Å². The van der Waals surface area contributed by atoms with Crippen LogP contribution in [0.3, 0.4) is 0 Å². The average Bonchev–Trinajstić information content (AvgIpc) is 2.59. The second-order valence-electron chi connectivity index (χ2n) is 6.06. The van der Waals surface area contributed by atoms with Gasteiger partial charge in [-0.15, -0.1) is 0 Å². The second kappa shape index (κ2) is 7.68. The summed E-state index contributed by atoms with van der Waals surface area (Å²) in [6, 6.07) is 11.3. The Balaban J connectivity index is 1.94. The van der Waals surface area contributed by atoms with Gasteiger partial charge < -0.3 is 14.2 Å². The van der Waals surface area contributed by atoms with Gasteiger partial charge in [-0.05, 0) is 55.8 Å². The largest absolute Gasteiger partial charge is 0.489 e. The highest BCUT2D eigenvalue weighted by Gasteiger charge is 2.31. The number of alkyl halides is 3. The van der Waals surface area contributed by atoms with Gasteiger partial charge in [0.05, 0.1) is 12.7 Å². The van der Waals surface area contributed by atoms with Gasteiger partial charge in [0.25, 0.3) is 0 Å². The molecular formula is C19H19F3O4. The van der Waals surface area contributed by atoms with E-state index in [0.29, 0.717) is 17.1 Å². The fraction of sp³-hybridized carbons (Fsp3) is 0.316. The van der Waals surface area contributed by atoms with Gasteiger partial charge in [-0.2, -0.15) is 13.2 Å². The van der Waals surface area contributed by atoms with Crippen LogP contribution >= 0.6 is 0 Å². The number of hydrogen-bond donors (Lipinski definition) is 0. The molecule has 0 N–H and O–H groups in total. The van der Waals surface area contributed by atoms with E-state index >= 15 is 0 Å².